The van der Waals surface area contributed by atoms with Crippen molar-refractivity contribution in [2.75, 3.05) is 0 Å². The number of hydrogen-bond acceptors (Lipinski definition) is 7. The van der Waals surface area contributed by atoms with Gasteiger partial charge in [0.15, 0.2) is 5.78 Å². The molecule has 0 saturated heterocycles. The average molecular weight is 640 g/mol. The molecular weight excluding hydrogens is 603 g/mol. The molecule has 3 rings (SSSR count). The number of rotatable bonds is 1. The molecule has 3 aliphatic rings. The Morgan fingerprint density at radius 2 is 1.57 bits per heavy atom. The van der Waals surface area contributed by atoms with Crippen molar-refractivity contribution in [3.8, 4) is 0 Å². The zero-order valence-electron chi connectivity index (χ0n) is 18.8. The number of aliphatic hydroxyl groups is 6. The van der Waals surface area contributed by atoms with E-state index in [2.05, 4.69) is 0 Å². The van der Waals surface area contributed by atoms with Crippen molar-refractivity contribution in [1.82, 2.24) is 0 Å². The maximum atomic E-state index is 13.7. The number of fused-ring (bicyclic) bond motifs is 3. The van der Waals surface area contributed by atoms with Crippen LogP contribution in [0.2, 0.25) is 0 Å². The summed E-state index contributed by atoms with van der Waals surface area (Å²) in [6, 6.07) is 0. The zero-order chi connectivity index (χ0) is 22.3. The van der Waals surface area contributed by atoms with Gasteiger partial charge in [-0.2, -0.15) is 0 Å². The van der Waals surface area contributed by atoms with Gasteiger partial charge in [-0.25, -0.2) is 0 Å². The molecule has 8 heteroatoms. The molecule has 169 valence electrons. The molecule has 0 aromatic heterocycles. The van der Waals surface area contributed by atoms with E-state index < -0.39 is 64.1 Å². The summed E-state index contributed by atoms with van der Waals surface area (Å²) in [4.78, 5) is 13.7. The van der Waals surface area contributed by atoms with Gasteiger partial charge >= 0.3 is 0 Å². The topological polar surface area (TPSA) is 138 Å². The minimum Gasteiger partial charge on any atom is -0.392 e. The fourth-order valence-electron chi connectivity index (χ4n) is 6.94. The Morgan fingerprint density at radius 3 is 2.07 bits per heavy atom. The maximum Gasteiger partial charge on any atom is 0.174 e. The van der Waals surface area contributed by atoms with Gasteiger partial charge in [-0.05, 0) is 37.3 Å². The van der Waals surface area contributed by atoms with E-state index in [1.54, 1.807) is 34.6 Å². The van der Waals surface area contributed by atoms with Crippen LogP contribution < -0.4 is 0 Å². The molecule has 1 radical (unpaired) electrons. The third-order valence-electron chi connectivity index (χ3n) is 8.96. The molecule has 0 aromatic rings. The van der Waals surface area contributed by atoms with Gasteiger partial charge in [0.05, 0.1) is 34.9 Å². The number of Topliss-reactive ketones (excluding diaryl/α,β-unsaturated/α-hetero) is 1. The summed E-state index contributed by atoms with van der Waals surface area (Å²) in [6.07, 6.45) is -5.40. The SMILES string of the molecule is CCC1(O)C(O)CC(O)C2(C)C(=O)C(O)C3=C(C)C(O)CC(O)([C@@H](C)C12)C3(C)C.[Ac]. The van der Waals surface area contributed by atoms with E-state index in [9.17, 15) is 35.4 Å². The fourth-order valence-corrected chi connectivity index (χ4v) is 6.94. The molecule has 2 fully saturated rings. The van der Waals surface area contributed by atoms with Crippen molar-refractivity contribution in [2.45, 2.75) is 96.4 Å². The van der Waals surface area contributed by atoms with E-state index >= 15 is 0 Å². The Hall–Kier alpha value is 0.612. The van der Waals surface area contributed by atoms with Gasteiger partial charge < -0.3 is 30.6 Å². The first-order chi connectivity index (χ1) is 13.1. The summed E-state index contributed by atoms with van der Waals surface area (Å²) in [7, 11) is 0. The van der Waals surface area contributed by atoms with Crippen molar-refractivity contribution in [1.29, 1.82) is 0 Å². The van der Waals surface area contributed by atoms with Crippen LogP contribution in [0.3, 0.4) is 0 Å². The Kier molecular flexibility index (Phi) is 7.28. The Labute approximate surface area is 214 Å². The summed E-state index contributed by atoms with van der Waals surface area (Å²) in [5.41, 5.74) is -5.27. The van der Waals surface area contributed by atoms with Crippen LogP contribution in [-0.2, 0) is 4.79 Å². The average Bonchev–Trinajstić information content (AvgIpc) is 2.63. The van der Waals surface area contributed by atoms with Gasteiger partial charge in [-0.3, -0.25) is 4.79 Å². The van der Waals surface area contributed by atoms with Crippen LogP contribution in [0.15, 0.2) is 11.1 Å². The quantitative estimate of drug-likeness (QED) is 0.227. The zero-order valence-corrected chi connectivity index (χ0v) is 23.5. The summed E-state index contributed by atoms with van der Waals surface area (Å²) in [5.74, 6) is -2.46. The van der Waals surface area contributed by atoms with Crippen molar-refractivity contribution >= 4 is 5.78 Å². The third kappa shape index (κ3) is 3.12. The molecule has 0 amide bonds. The normalized spacial score (nSPS) is 50.9. The second kappa shape index (κ2) is 8.13. The molecule has 2 saturated carbocycles. The van der Waals surface area contributed by atoms with Gasteiger partial charge in [0.1, 0.15) is 6.10 Å². The molecule has 8 unspecified atom stereocenters. The van der Waals surface area contributed by atoms with Crippen LogP contribution >= 0.6 is 0 Å². The van der Waals surface area contributed by atoms with E-state index in [1.807, 2.05) is 0 Å². The van der Waals surface area contributed by atoms with Crippen molar-refractivity contribution in [2.24, 2.45) is 22.7 Å². The first kappa shape index (κ1) is 26.9. The molecule has 3 aliphatic carbocycles. The minimum absolute atomic E-state index is 0. The van der Waals surface area contributed by atoms with E-state index in [0.29, 0.717) is 5.57 Å². The molecule has 9 atom stereocenters. The minimum atomic E-state index is -1.74. The third-order valence-corrected chi connectivity index (χ3v) is 8.96. The van der Waals surface area contributed by atoms with Gasteiger partial charge in [-0.1, -0.05) is 27.7 Å². The van der Waals surface area contributed by atoms with Crippen LogP contribution in [0.25, 0.3) is 0 Å². The molecule has 0 spiro atoms. The largest absolute Gasteiger partial charge is 0.392 e. The van der Waals surface area contributed by atoms with Crippen LogP contribution in [0.4, 0.5) is 0 Å². The van der Waals surface area contributed by atoms with Gasteiger partial charge in [0.25, 0.3) is 0 Å². The number of aliphatic hydroxyl groups excluding tert-OH is 4. The fraction of sp³-hybridized carbons (Fsp3) is 0.864. The molecule has 0 aromatic carbocycles. The molecule has 7 nitrogen and oxygen atoms in total. The van der Waals surface area contributed by atoms with Crippen molar-refractivity contribution in [3.63, 3.8) is 0 Å². The van der Waals surface area contributed by atoms with E-state index in [0.717, 1.165) is 0 Å². The number of carbonyl (C=O) groups excluding carboxylic acids is 1. The van der Waals surface area contributed by atoms with Crippen molar-refractivity contribution < 1.29 is 79.5 Å². The monoisotopic (exact) mass is 639 g/mol. The Morgan fingerprint density at radius 1 is 1.03 bits per heavy atom. The molecule has 30 heavy (non-hydrogen) atoms. The predicted molar refractivity (Wildman–Crippen MR) is 106 cm³/mol. The second-order valence-electron chi connectivity index (χ2n) is 10.3. The van der Waals surface area contributed by atoms with Gasteiger partial charge in [-0.15, -0.1) is 0 Å². The molecule has 0 aliphatic heterocycles. The molecule has 6 N–H and O–H groups in total. The van der Waals surface area contributed by atoms with E-state index in [4.69, 9.17) is 0 Å². The number of carbonyl (C=O) groups is 1. The number of hydrogen-bond donors (Lipinski definition) is 6. The standard InChI is InChI=1S/C22H36O7.Ac/c1-7-21(28)14(25)8-13(24)20(6)17(21)11(3)22(29)9-12(23)10(2)15(19(22,4)5)16(26)18(20)27;/h11-14,16-17,23-26,28-29H,7-9H2,1-6H3;/t11-,12?,13?,14?,16?,17?,20?,21?,22?;/m0./s1. The number of ketones is 1. The molecule has 0 heterocycles. The van der Waals surface area contributed by atoms with Gasteiger partial charge in [0.2, 0.25) is 0 Å². The Balaban J connectivity index is 0.00000320. The summed E-state index contributed by atoms with van der Waals surface area (Å²) < 4.78 is 0. The summed E-state index contributed by atoms with van der Waals surface area (Å²) >= 11 is 0. The molecular formula is C22H36AcO7. The van der Waals surface area contributed by atoms with E-state index in [1.165, 1.54) is 6.92 Å². The first-order valence-corrected chi connectivity index (χ1v) is 10.5. The molecule has 2 bridgehead atoms. The van der Waals surface area contributed by atoms with Crippen molar-refractivity contribution in [3.05, 3.63) is 11.1 Å². The summed E-state index contributed by atoms with van der Waals surface area (Å²) in [5, 5.41) is 67.0. The van der Waals surface area contributed by atoms with E-state index in [-0.39, 0.29) is 68.9 Å². The predicted octanol–water partition coefficient (Wildman–Crippen LogP) is 0.294. The smallest absolute Gasteiger partial charge is 0.174 e. The first-order valence-electron chi connectivity index (χ1n) is 10.5. The van der Waals surface area contributed by atoms with Crippen LogP contribution in [0.5, 0.6) is 0 Å². The second-order valence-corrected chi connectivity index (χ2v) is 10.3. The maximum absolute atomic E-state index is 13.7. The Bertz CT molecular complexity index is 752. The summed E-state index contributed by atoms with van der Waals surface area (Å²) in [6.45, 7) is 10.0. The van der Waals surface area contributed by atoms with Crippen LogP contribution in [0.1, 0.15) is 60.8 Å². The van der Waals surface area contributed by atoms with Crippen LogP contribution in [-0.4, -0.2) is 72.0 Å². The van der Waals surface area contributed by atoms with Crippen LogP contribution in [0, 0.1) is 66.7 Å². The van der Waals surface area contributed by atoms with Gasteiger partial charge in [0, 0.05) is 68.2 Å².